The van der Waals surface area contributed by atoms with E-state index in [1.807, 2.05) is 12.1 Å². The molecule has 1 aliphatic heterocycles. The smallest absolute Gasteiger partial charge is 0.209 e. The predicted octanol–water partition coefficient (Wildman–Crippen LogP) is 2.12. The van der Waals surface area contributed by atoms with Crippen molar-refractivity contribution >= 4 is 23.7 Å². The number of para-hydroxylation sites is 1. The van der Waals surface area contributed by atoms with E-state index in [2.05, 4.69) is 46.2 Å². The number of hydrogen-bond donors (Lipinski definition) is 1. The number of nitrogens with zero attached hydrogens (tertiary/aromatic N) is 4. The molecule has 1 saturated heterocycles. The molecule has 1 aromatic carbocycles. The number of rotatable bonds is 4. The van der Waals surface area contributed by atoms with Crippen LogP contribution in [0.5, 0.6) is 0 Å². The molecule has 1 aliphatic rings. The Hall–Kier alpha value is -2.63. The number of piperazine rings is 1. The molecule has 2 heterocycles. The number of anilines is 3. The van der Waals surface area contributed by atoms with Crippen LogP contribution in [0.25, 0.3) is 0 Å². The Balaban J connectivity index is 1.77. The molecule has 1 fully saturated rings. The van der Waals surface area contributed by atoms with Crippen molar-refractivity contribution < 1.29 is 4.79 Å². The van der Waals surface area contributed by atoms with Gasteiger partial charge in [0.25, 0.3) is 0 Å². The molecule has 0 radical (unpaired) electrons. The van der Waals surface area contributed by atoms with Crippen LogP contribution in [0.4, 0.5) is 17.3 Å². The van der Waals surface area contributed by atoms with Crippen LogP contribution in [0, 0.1) is 13.8 Å². The van der Waals surface area contributed by atoms with Crippen molar-refractivity contribution in [2.75, 3.05) is 36.4 Å². The zero-order valence-corrected chi connectivity index (χ0v) is 13.5. The van der Waals surface area contributed by atoms with Crippen molar-refractivity contribution in [3.63, 3.8) is 0 Å². The molecule has 120 valence electrons. The third-order valence-corrected chi connectivity index (χ3v) is 4.17. The summed E-state index contributed by atoms with van der Waals surface area (Å²) in [5.41, 5.74) is 3.46. The quantitative estimate of drug-likeness (QED) is 0.876. The van der Waals surface area contributed by atoms with Crippen molar-refractivity contribution in [2.24, 2.45) is 0 Å². The van der Waals surface area contributed by atoms with E-state index in [0.717, 1.165) is 49.9 Å². The van der Waals surface area contributed by atoms with Crippen molar-refractivity contribution in [1.29, 1.82) is 0 Å². The number of amides is 1. The van der Waals surface area contributed by atoms with Crippen molar-refractivity contribution in [2.45, 2.75) is 13.8 Å². The SMILES string of the molecule is Cc1cccc(C)c1Nc1cc(N2CCN(C=O)CC2)ncn1. The maximum absolute atomic E-state index is 10.8. The molecule has 0 aliphatic carbocycles. The summed E-state index contributed by atoms with van der Waals surface area (Å²) in [6.07, 6.45) is 2.49. The van der Waals surface area contributed by atoms with Gasteiger partial charge in [0, 0.05) is 37.9 Å². The first-order valence-corrected chi connectivity index (χ1v) is 7.77. The van der Waals surface area contributed by atoms with Crippen molar-refractivity contribution in [3.05, 3.63) is 41.7 Å². The highest BCUT2D eigenvalue weighted by Gasteiger charge is 2.17. The second-order valence-electron chi connectivity index (χ2n) is 5.78. The lowest BCUT2D eigenvalue weighted by Crippen LogP contribution is -2.46. The van der Waals surface area contributed by atoms with Gasteiger partial charge in [0.05, 0.1) is 0 Å². The first kappa shape index (κ1) is 15.3. The van der Waals surface area contributed by atoms with E-state index in [1.54, 1.807) is 11.2 Å². The highest BCUT2D eigenvalue weighted by atomic mass is 16.1. The van der Waals surface area contributed by atoms with Crippen LogP contribution < -0.4 is 10.2 Å². The minimum Gasteiger partial charge on any atom is -0.353 e. The first-order chi connectivity index (χ1) is 11.2. The second-order valence-corrected chi connectivity index (χ2v) is 5.78. The predicted molar refractivity (Wildman–Crippen MR) is 91.1 cm³/mol. The lowest BCUT2D eigenvalue weighted by atomic mass is 10.1. The Morgan fingerprint density at radius 1 is 1.09 bits per heavy atom. The number of aryl methyl sites for hydroxylation is 2. The van der Waals surface area contributed by atoms with Crippen LogP contribution in [0.2, 0.25) is 0 Å². The van der Waals surface area contributed by atoms with Gasteiger partial charge in [-0.05, 0) is 25.0 Å². The van der Waals surface area contributed by atoms with Gasteiger partial charge in [-0.3, -0.25) is 4.79 Å². The average molecular weight is 311 g/mol. The Bertz CT molecular complexity index is 675. The van der Waals surface area contributed by atoms with Crippen LogP contribution in [0.1, 0.15) is 11.1 Å². The third-order valence-electron chi connectivity index (χ3n) is 4.17. The fourth-order valence-electron chi connectivity index (χ4n) is 2.78. The summed E-state index contributed by atoms with van der Waals surface area (Å²) in [4.78, 5) is 23.5. The molecule has 0 bridgehead atoms. The van der Waals surface area contributed by atoms with Gasteiger partial charge in [-0.25, -0.2) is 9.97 Å². The Morgan fingerprint density at radius 3 is 2.43 bits per heavy atom. The standard InChI is InChI=1S/C17H21N5O/c1-13-4-3-5-14(2)17(13)20-15-10-16(19-11-18-15)22-8-6-21(12-23)7-9-22/h3-5,10-12H,6-9H2,1-2H3,(H,18,19,20). The Morgan fingerprint density at radius 2 is 1.78 bits per heavy atom. The molecular formula is C17H21N5O. The summed E-state index contributed by atoms with van der Waals surface area (Å²) in [5.74, 6) is 1.67. The highest BCUT2D eigenvalue weighted by molar-refractivity contribution is 5.66. The zero-order chi connectivity index (χ0) is 16.2. The number of hydrogen-bond acceptors (Lipinski definition) is 5. The lowest BCUT2D eigenvalue weighted by molar-refractivity contribution is -0.118. The van der Waals surface area contributed by atoms with Gasteiger partial charge < -0.3 is 15.1 Å². The van der Waals surface area contributed by atoms with Crippen LogP contribution in [-0.2, 0) is 4.79 Å². The van der Waals surface area contributed by atoms with Gasteiger partial charge >= 0.3 is 0 Å². The number of nitrogens with one attached hydrogen (secondary N) is 1. The molecule has 1 aromatic heterocycles. The molecule has 6 nitrogen and oxygen atoms in total. The summed E-state index contributed by atoms with van der Waals surface area (Å²) in [7, 11) is 0. The van der Waals surface area contributed by atoms with E-state index >= 15 is 0 Å². The number of benzene rings is 1. The maximum Gasteiger partial charge on any atom is 0.209 e. The lowest BCUT2D eigenvalue weighted by Gasteiger charge is -2.33. The van der Waals surface area contributed by atoms with Crippen molar-refractivity contribution in [3.8, 4) is 0 Å². The molecule has 3 rings (SSSR count). The summed E-state index contributed by atoms with van der Waals surface area (Å²) in [5, 5.41) is 3.40. The topological polar surface area (TPSA) is 61.4 Å². The monoisotopic (exact) mass is 311 g/mol. The minimum absolute atomic E-state index is 0.729. The van der Waals surface area contributed by atoms with E-state index in [4.69, 9.17) is 0 Å². The summed E-state index contributed by atoms with van der Waals surface area (Å²) < 4.78 is 0. The summed E-state index contributed by atoms with van der Waals surface area (Å²) >= 11 is 0. The Kier molecular flexibility index (Phi) is 4.41. The van der Waals surface area contributed by atoms with Gasteiger partial charge in [0.15, 0.2) is 0 Å². The van der Waals surface area contributed by atoms with E-state index in [-0.39, 0.29) is 0 Å². The van der Waals surface area contributed by atoms with Crippen LogP contribution in [0.15, 0.2) is 30.6 Å². The molecule has 1 amide bonds. The third kappa shape index (κ3) is 3.41. The van der Waals surface area contributed by atoms with Crippen LogP contribution in [0.3, 0.4) is 0 Å². The van der Waals surface area contributed by atoms with Crippen molar-refractivity contribution in [1.82, 2.24) is 14.9 Å². The second kappa shape index (κ2) is 6.64. The van der Waals surface area contributed by atoms with Crippen LogP contribution >= 0.6 is 0 Å². The van der Waals surface area contributed by atoms with Gasteiger partial charge in [0.2, 0.25) is 6.41 Å². The largest absolute Gasteiger partial charge is 0.353 e. The van der Waals surface area contributed by atoms with Gasteiger partial charge in [-0.15, -0.1) is 0 Å². The van der Waals surface area contributed by atoms with Crippen LogP contribution in [-0.4, -0.2) is 47.5 Å². The molecule has 23 heavy (non-hydrogen) atoms. The number of carbonyl (C=O) groups excluding carboxylic acids is 1. The van der Waals surface area contributed by atoms with E-state index in [9.17, 15) is 4.79 Å². The summed E-state index contributed by atoms with van der Waals surface area (Å²) in [6, 6.07) is 8.17. The fourth-order valence-corrected chi connectivity index (χ4v) is 2.78. The van der Waals surface area contributed by atoms with E-state index in [1.165, 1.54) is 11.1 Å². The first-order valence-electron chi connectivity index (χ1n) is 7.77. The minimum atomic E-state index is 0.729. The molecule has 2 aromatic rings. The van der Waals surface area contributed by atoms with Gasteiger partial charge in [-0.2, -0.15) is 0 Å². The molecule has 1 N–H and O–H groups in total. The Labute approximate surface area is 136 Å². The summed E-state index contributed by atoms with van der Waals surface area (Å²) in [6.45, 7) is 7.20. The fraction of sp³-hybridized carbons (Fsp3) is 0.353. The van der Waals surface area contributed by atoms with E-state index in [0.29, 0.717) is 0 Å². The normalized spacial score (nSPS) is 14.7. The number of carbonyl (C=O) groups is 1. The maximum atomic E-state index is 10.8. The molecule has 0 unspecified atom stereocenters. The van der Waals surface area contributed by atoms with Gasteiger partial charge in [-0.1, -0.05) is 18.2 Å². The zero-order valence-electron chi connectivity index (χ0n) is 13.5. The molecule has 0 saturated carbocycles. The average Bonchev–Trinajstić information content (AvgIpc) is 2.59. The van der Waals surface area contributed by atoms with E-state index < -0.39 is 0 Å². The van der Waals surface area contributed by atoms with Gasteiger partial charge in [0.1, 0.15) is 18.0 Å². The highest BCUT2D eigenvalue weighted by Crippen LogP contribution is 2.24. The molecule has 6 heteroatoms. The number of aromatic nitrogens is 2. The molecular weight excluding hydrogens is 290 g/mol. The molecule has 0 atom stereocenters. The molecule has 0 spiro atoms.